The summed E-state index contributed by atoms with van der Waals surface area (Å²) in [5, 5.41) is 6.34. The summed E-state index contributed by atoms with van der Waals surface area (Å²) in [6.07, 6.45) is 10.5. The van der Waals surface area contributed by atoms with Gasteiger partial charge in [-0.3, -0.25) is 9.59 Å². The fraction of sp³-hybridized carbons (Fsp3) is 0.500. The number of anilines is 1. The molecule has 0 spiro atoms. The van der Waals surface area contributed by atoms with Gasteiger partial charge in [0.1, 0.15) is 5.82 Å². The summed E-state index contributed by atoms with van der Waals surface area (Å²) in [7, 11) is 0. The van der Waals surface area contributed by atoms with Crippen LogP contribution in [0, 0.1) is 17.8 Å². The second-order valence-electron chi connectivity index (χ2n) is 11.1. The van der Waals surface area contributed by atoms with Crippen molar-refractivity contribution in [3.8, 4) is 11.4 Å². The monoisotopic (exact) mass is 486 g/mol. The van der Waals surface area contributed by atoms with Crippen LogP contribution in [0.4, 0.5) is 5.69 Å². The molecule has 0 bridgehead atoms. The Bertz CT molecular complexity index is 1200. The van der Waals surface area contributed by atoms with Crippen LogP contribution < -0.4 is 10.6 Å². The summed E-state index contributed by atoms with van der Waals surface area (Å²) in [5.41, 5.74) is 4.07. The highest BCUT2D eigenvalue weighted by atomic mass is 16.2. The molecule has 2 saturated carbocycles. The molecule has 1 heterocycles. The maximum absolute atomic E-state index is 13.0. The van der Waals surface area contributed by atoms with E-state index in [1.807, 2.05) is 42.5 Å². The molecule has 2 amide bonds. The van der Waals surface area contributed by atoms with Crippen LogP contribution >= 0.6 is 0 Å². The smallest absolute Gasteiger partial charge is 0.251 e. The van der Waals surface area contributed by atoms with Gasteiger partial charge in [-0.05, 0) is 73.6 Å². The molecule has 2 aromatic carbocycles. The van der Waals surface area contributed by atoms with Gasteiger partial charge in [-0.2, -0.15) is 0 Å². The zero-order valence-corrected chi connectivity index (χ0v) is 21.5. The highest BCUT2D eigenvalue weighted by Gasteiger charge is 2.25. The Morgan fingerprint density at radius 2 is 1.72 bits per heavy atom. The van der Waals surface area contributed by atoms with Crippen molar-refractivity contribution in [3.05, 3.63) is 48.0 Å². The molecule has 2 aliphatic carbocycles. The molecule has 0 saturated heterocycles. The van der Waals surface area contributed by atoms with E-state index < -0.39 is 0 Å². The number of carbonyl (C=O) groups is 2. The third-order valence-corrected chi connectivity index (χ3v) is 8.08. The average Bonchev–Trinajstić information content (AvgIpc) is 3.29. The molecule has 2 fully saturated rings. The van der Waals surface area contributed by atoms with Crippen LogP contribution in [-0.4, -0.2) is 27.8 Å². The molecule has 2 aliphatic rings. The fourth-order valence-corrected chi connectivity index (χ4v) is 5.45. The summed E-state index contributed by atoms with van der Waals surface area (Å²) in [6.45, 7) is 4.36. The van der Waals surface area contributed by atoms with Crippen LogP contribution in [0.1, 0.15) is 82.0 Å². The van der Waals surface area contributed by atoms with Crippen molar-refractivity contribution in [2.24, 2.45) is 17.8 Å². The van der Waals surface area contributed by atoms with Crippen molar-refractivity contribution >= 4 is 28.5 Å². The zero-order chi connectivity index (χ0) is 25.1. The molecule has 3 N–H and O–H groups in total. The fourth-order valence-electron chi connectivity index (χ4n) is 5.45. The Hall–Kier alpha value is -3.15. The van der Waals surface area contributed by atoms with Gasteiger partial charge in [0.2, 0.25) is 5.91 Å². The van der Waals surface area contributed by atoms with E-state index in [0.29, 0.717) is 11.5 Å². The van der Waals surface area contributed by atoms with Gasteiger partial charge in [-0.15, -0.1) is 0 Å². The number of hydrogen-bond donors (Lipinski definition) is 3. The molecule has 1 atom stereocenters. The van der Waals surface area contributed by atoms with Crippen molar-refractivity contribution in [3.63, 3.8) is 0 Å². The van der Waals surface area contributed by atoms with Crippen molar-refractivity contribution in [1.82, 2.24) is 15.3 Å². The number of aromatic amines is 1. The van der Waals surface area contributed by atoms with Crippen molar-refractivity contribution in [2.75, 3.05) is 5.32 Å². The Morgan fingerprint density at radius 1 is 0.972 bits per heavy atom. The number of aromatic nitrogens is 2. The zero-order valence-electron chi connectivity index (χ0n) is 21.5. The molecule has 36 heavy (non-hydrogen) atoms. The Kier molecular flexibility index (Phi) is 7.40. The first-order valence-electron chi connectivity index (χ1n) is 13.7. The third kappa shape index (κ3) is 5.63. The summed E-state index contributed by atoms with van der Waals surface area (Å²) in [6, 6.07) is 13.6. The highest BCUT2D eigenvalue weighted by Crippen LogP contribution is 2.32. The first kappa shape index (κ1) is 24.5. The van der Waals surface area contributed by atoms with E-state index in [-0.39, 0.29) is 23.8 Å². The third-order valence-electron chi connectivity index (χ3n) is 8.08. The standard InChI is InChI=1S/C30H38N4O2/c1-19(2)26(17-20-7-6-8-20)34-30(36)23-13-16-25-27(18-23)33-28(32-25)21-11-14-24(15-12-21)31-29(35)22-9-4-3-5-10-22/h11-16,18-20,22,26H,3-10,17H2,1-2H3,(H,31,35)(H,32,33)(H,34,36). The number of hydrogen-bond acceptors (Lipinski definition) is 3. The lowest BCUT2D eigenvalue weighted by Gasteiger charge is -2.32. The second-order valence-corrected chi connectivity index (χ2v) is 11.1. The Balaban J connectivity index is 1.25. The van der Waals surface area contributed by atoms with Gasteiger partial charge in [0.15, 0.2) is 0 Å². The van der Waals surface area contributed by atoms with Crippen LogP contribution in [0.25, 0.3) is 22.4 Å². The van der Waals surface area contributed by atoms with E-state index >= 15 is 0 Å². The van der Waals surface area contributed by atoms with E-state index in [1.54, 1.807) is 0 Å². The number of H-pyrrole nitrogens is 1. The van der Waals surface area contributed by atoms with Gasteiger partial charge in [-0.25, -0.2) is 4.98 Å². The van der Waals surface area contributed by atoms with Crippen LogP contribution in [0.15, 0.2) is 42.5 Å². The van der Waals surface area contributed by atoms with Gasteiger partial charge >= 0.3 is 0 Å². The molecule has 5 rings (SSSR count). The lowest BCUT2D eigenvalue weighted by Crippen LogP contribution is -2.40. The first-order chi connectivity index (χ1) is 17.5. The van der Waals surface area contributed by atoms with Gasteiger partial charge < -0.3 is 15.6 Å². The second kappa shape index (κ2) is 10.9. The first-order valence-corrected chi connectivity index (χ1v) is 13.7. The van der Waals surface area contributed by atoms with E-state index in [9.17, 15) is 9.59 Å². The summed E-state index contributed by atoms with van der Waals surface area (Å²) in [5.74, 6) is 2.15. The van der Waals surface area contributed by atoms with Gasteiger partial charge in [0.25, 0.3) is 5.91 Å². The van der Waals surface area contributed by atoms with Crippen molar-refractivity contribution < 1.29 is 9.59 Å². The predicted molar refractivity (Wildman–Crippen MR) is 145 cm³/mol. The normalized spacial score (nSPS) is 17.6. The lowest BCUT2D eigenvalue weighted by atomic mass is 9.79. The minimum atomic E-state index is -0.0240. The maximum Gasteiger partial charge on any atom is 0.251 e. The summed E-state index contributed by atoms with van der Waals surface area (Å²) < 4.78 is 0. The Morgan fingerprint density at radius 3 is 2.39 bits per heavy atom. The maximum atomic E-state index is 13.0. The number of rotatable bonds is 8. The molecule has 6 heteroatoms. The minimum absolute atomic E-state index is 0.0240. The molecule has 6 nitrogen and oxygen atoms in total. The number of fused-ring (bicyclic) bond motifs is 1. The van der Waals surface area contributed by atoms with Gasteiger partial charge in [0.05, 0.1) is 11.0 Å². The number of carbonyl (C=O) groups excluding carboxylic acids is 2. The van der Waals surface area contributed by atoms with Gasteiger partial charge in [-0.1, -0.05) is 52.4 Å². The summed E-state index contributed by atoms with van der Waals surface area (Å²) in [4.78, 5) is 33.7. The molecular weight excluding hydrogens is 448 g/mol. The van der Waals surface area contributed by atoms with E-state index in [4.69, 9.17) is 4.98 Å². The minimum Gasteiger partial charge on any atom is -0.349 e. The molecule has 1 aromatic heterocycles. The quantitative estimate of drug-likeness (QED) is 0.331. The Labute approximate surface area is 213 Å². The lowest BCUT2D eigenvalue weighted by molar-refractivity contribution is -0.120. The van der Waals surface area contributed by atoms with E-state index in [0.717, 1.165) is 66.1 Å². The van der Waals surface area contributed by atoms with Crippen molar-refractivity contribution in [1.29, 1.82) is 0 Å². The molecule has 3 aromatic rings. The molecule has 1 unspecified atom stereocenters. The van der Waals surface area contributed by atoms with Crippen molar-refractivity contribution in [2.45, 2.75) is 77.7 Å². The predicted octanol–water partition coefficient (Wildman–Crippen LogP) is 6.69. The topological polar surface area (TPSA) is 86.9 Å². The molecule has 0 aliphatic heterocycles. The summed E-state index contributed by atoms with van der Waals surface area (Å²) >= 11 is 0. The molecule has 190 valence electrons. The average molecular weight is 487 g/mol. The van der Waals surface area contributed by atoms with E-state index in [2.05, 4.69) is 29.5 Å². The van der Waals surface area contributed by atoms with Gasteiger partial charge in [0, 0.05) is 28.8 Å². The number of amides is 2. The van der Waals surface area contributed by atoms with Crippen LogP contribution in [0.3, 0.4) is 0 Å². The number of benzene rings is 2. The number of nitrogens with one attached hydrogen (secondary N) is 3. The number of imidazole rings is 1. The largest absolute Gasteiger partial charge is 0.349 e. The van der Waals surface area contributed by atoms with Crippen LogP contribution in [0.5, 0.6) is 0 Å². The molecular formula is C30H38N4O2. The SMILES string of the molecule is CC(C)C(CC1CCC1)NC(=O)c1ccc2nc(-c3ccc(NC(=O)C4CCCCC4)cc3)[nH]c2c1. The van der Waals surface area contributed by atoms with Crippen LogP contribution in [-0.2, 0) is 4.79 Å². The van der Waals surface area contributed by atoms with Crippen LogP contribution in [0.2, 0.25) is 0 Å². The molecule has 0 radical (unpaired) electrons. The highest BCUT2D eigenvalue weighted by molar-refractivity contribution is 5.98. The number of nitrogens with zero attached hydrogens (tertiary/aromatic N) is 1. The van der Waals surface area contributed by atoms with E-state index in [1.165, 1.54) is 25.7 Å².